The Hall–Kier alpha value is -1.18. The van der Waals surface area contributed by atoms with Crippen LogP contribution in [-0.2, 0) is 14.3 Å². The Morgan fingerprint density at radius 1 is 1.00 bits per heavy atom. The standard InChI is InChI=1S/C12H22O7/c13-8-3-1-2-4-9-19-11(16)12(17,18)7-5-6-10(14)15/h13,17-18H,1-9H2,(H,14,15). The van der Waals surface area contributed by atoms with E-state index in [1.165, 1.54) is 0 Å². The number of esters is 1. The molecule has 0 saturated carbocycles. The molecule has 0 aliphatic rings. The predicted molar refractivity (Wildman–Crippen MR) is 65.2 cm³/mol. The maximum atomic E-state index is 11.3. The van der Waals surface area contributed by atoms with Crippen molar-refractivity contribution in [1.29, 1.82) is 0 Å². The van der Waals surface area contributed by atoms with Crippen LogP contribution >= 0.6 is 0 Å². The minimum Gasteiger partial charge on any atom is -0.481 e. The number of hydrogen-bond acceptors (Lipinski definition) is 6. The molecule has 0 amide bonds. The zero-order valence-corrected chi connectivity index (χ0v) is 10.9. The highest BCUT2D eigenvalue weighted by Gasteiger charge is 2.34. The maximum Gasteiger partial charge on any atom is 0.366 e. The van der Waals surface area contributed by atoms with E-state index in [9.17, 15) is 19.8 Å². The number of aliphatic hydroxyl groups excluding tert-OH is 1. The van der Waals surface area contributed by atoms with E-state index in [4.69, 9.17) is 14.9 Å². The summed E-state index contributed by atoms with van der Waals surface area (Å²) in [6, 6.07) is 0. The van der Waals surface area contributed by atoms with E-state index in [0.717, 1.165) is 12.8 Å². The first kappa shape index (κ1) is 17.8. The number of aliphatic carboxylic acids is 1. The van der Waals surface area contributed by atoms with Gasteiger partial charge in [0, 0.05) is 19.4 Å². The fraction of sp³-hybridized carbons (Fsp3) is 0.833. The molecule has 0 heterocycles. The molecule has 0 fully saturated rings. The zero-order valence-electron chi connectivity index (χ0n) is 10.9. The number of rotatable bonds is 11. The lowest BCUT2D eigenvalue weighted by Gasteiger charge is -2.19. The summed E-state index contributed by atoms with van der Waals surface area (Å²) < 4.78 is 4.70. The van der Waals surface area contributed by atoms with Crippen LogP contribution in [0.25, 0.3) is 0 Å². The number of aliphatic hydroxyl groups is 3. The number of carbonyl (C=O) groups excluding carboxylic acids is 1. The van der Waals surface area contributed by atoms with Gasteiger partial charge in [0.05, 0.1) is 6.61 Å². The largest absolute Gasteiger partial charge is 0.481 e. The van der Waals surface area contributed by atoms with Gasteiger partial charge in [-0.1, -0.05) is 6.42 Å². The number of unbranched alkanes of at least 4 members (excludes halogenated alkanes) is 3. The van der Waals surface area contributed by atoms with Crippen molar-refractivity contribution in [3.05, 3.63) is 0 Å². The van der Waals surface area contributed by atoms with Crippen molar-refractivity contribution in [2.45, 2.75) is 50.7 Å². The van der Waals surface area contributed by atoms with Gasteiger partial charge in [0.2, 0.25) is 0 Å². The van der Waals surface area contributed by atoms with Crippen molar-refractivity contribution >= 4 is 11.9 Å². The summed E-state index contributed by atoms with van der Waals surface area (Å²) in [5.41, 5.74) is 0. The molecule has 0 saturated heterocycles. The number of carboxylic acid groups (broad SMARTS) is 1. The summed E-state index contributed by atoms with van der Waals surface area (Å²) in [5, 5.41) is 35.7. The van der Waals surface area contributed by atoms with E-state index in [1.807, 2.05) is 0 Å². The van der Waals surface area contributed by atoms with Gasteiger partial charge < -0.3 is 25.2 Å². The summed E-state index contributed by atoms with van der Waals surface area (Å²) >= 11 is 0. The Bertz CT molecular complexity index is 275. The summed E-state index contributed by atoms with van der Waals surface area (Å²) in [7, 11) is 0. The van der Waals surface area contributed by atoms with Gasteiger partial charge in [-0.15, -0.1) is 0 Å². The molecule has 7 heteroatoms. The van der Waals surface area contributed by atoms with E-state index in [1.54, 1.807) is 0 Å². The van der Waals surface area contributed by atoms with Gasteiger partial charge >= 0.3 is 11.9 Å². The highest BCUT2D eigenvalue weighted by atomic mass is 16.6. The van der Waals surface area contributed by atoms with Gasteiger partial charge in [-0.3, -0.25) is 4.79 Å². The Balaban J connectivity index is 3.75. The minimum absolute atomic E-state index is 0.0199. The molecule has 0 radical (unpaired) electrons. The Morgan fingerprint density at radius 2 is 1.63 bits per heavy atom. The number of carboxylic acids is 1. The van der Waals surface area contributed by atoms with Gasteiger partial charge in [0.15, 0.2) is 0 Å². The molecule has 7 nitrogen and oxygen atoms in total. The lowest BCUT2D eigenvalue weighted by atomic mass is 10.1. The van der Waals surface area contributed by atoms with Crippen molar-refractivity contribution in [3.63, 3.8) is 0 Å². The molecule has 4 N–H and O–H groups in total. The van der Waals surface area contributed by atoms with E-state index < -0.39 is 17.7 Å². The van der Waals surface area contributed by atoms with Gasteiger partial charge in [-0.25, -0.2) is 4.79 Å². The van der Waals surface area contributed by atoms with Crippen LogP contribution in [-0.4, -0.2) is 51.4 Å². The Labute approximate surface area is 111 Å². The first-order valence-corrected chi connectivity index (χ1v) is 6.35. The molecule has 0 aliphatic heterocycles. The quantitative estimate of drug-likeness (QED) is 0.238. The fourth-order valence-corrected chi connectivity index (χ4v) is 1.44. The van der Waals surface area contributed by atoms with Crippen molar-refractivity contribution in [1.82, 2.24) is 0 Å². The molecule has 0 rings (SSSR count). The van der Waals surface area contributed by atoms with Crippen LogP contribution in [0.5, 0.6) is 0 Å². The maximum absolute atomic E-state index is 11.3. The zero-order chi connectivity index (χ0) is 14.7. The van der Waals surface area contributed by atoms with Crippen LogP contribution in [0.3, 0.4) is 0 Å². The SMILES string of the molecule is O=C(O)CCCC(O)(O)C(=O)OCCCCCCO. The number of hydrogen-bond donors (Lipinski definition) is 4. The molecule has 0 unspecified atom stereocenters. The molecule has 19 heavy (non-hydrogen) atoms. The molecule has 0 spiro atoms. The Morgan fingerprint density at radius 3 is 2.21 bits per heavy atom. The van der Waals surface area contributed by atoms with Gasteiger partial charge in [0.25, 0.3) is 5.79 Å². The van der Waals surface area contributed by atoms with Gasteiger partial charge in [-0.2, -0.15) is 0 Å². The average Bonchev–Trinajstić information content (AvgIpc) is 2.32. The minimum atomic E-state index is -2.62. The van der Waals surface area contributed by atoms with Crippen molar-refractivity contribution in [2.75, 3.05) is 13.2 Å². The second kappa shape index (κ2) is 9.71. The number of carbonyl (C=O) groups is 2. The Kier molecular flexibility index (Phi) is 9.11. The summed E-state index contributed by atoms with van der Waals surface area (Å²) in [4.78, 5) is 21.6. The van der Waals surface area contributed by atoms with E-state index in [0.29, 0.717) is 12.8 Å². The second-order valence-corrected chi connectivity index (χ2v) is 4.34. The van der Waals surface area contributed by atoms with Crippen LogP contribution < -0.4 is 0 Å². The van der Waals surface area contributed by atoms with Crippen molar-refractivity contribution in [2.24, 2.45) is 0 Å². The third-order valence-electron chi connectivity index (χ3n) is 2.53. The van der Waals surface area contributed by atoms with Gasteiger partial charge in [-0.05, 0) is 25.7 Å². The van der Waals surface area contributed by atoms with Crippen molar-refractivity contribution < 1.29 is 34.8 Å². The summed E-state index contributed by atoms with van der Waals surface area (Å²) in [5.74, 6) is -4.84. The molecule has 0 aliphatic carbocycles. The molecular formula is C12H22O7. The van der Waals surface area contributed by atoms with Crippen LogP contribution in [0.4, 0.5) is 0 Å². The highest BCUT2D eigenvalue weighted by Crippen LogP contribution is 2.13. The fourth-order valence-electron chi connectivity index (χ4n) is 1.44. The van der Waals surface area contributed by atoms with Crippen LogP contribution in [0.2, 0.25) is 0 Å². The molecule has 0 atom stereocenters. The topological polar surface area (TPSA) is 124 Å². The molecule has 0 aromatic carbocycles. The average molecular weight is 278 g/mol. The van der Waals surface area contributed by atoms with Gasteiger partial charge in [0.1, 0.15) is 0 Å². The molecule has 0 aromatic heterocycles. The predicted octanol–water partition coefficient (Wildman–Crippen LogP) is 0.0181. The van der Waals surface area contributed by atoms with Crippen LogP contribution in [0.15, 0.2) is 0 Å². The smallest absolute Gasteiger partial charge is 0.366 e. The van der Waals surface area contributed by atoms with E-state index in [-0.39, 0.29) is 32.5 Å². The van der Waals surface area contributed by atoms with E-state index in [2.05, 4.69) is 0 Å². The van der Waals surface area contributed by atoms with Crippen LogP contribution in [0, 0.1) is 0 Å². The van der Waals surface area contributed by atoms with E-state index >= 15 is 0 Å². The summed E-state index contributed by atoms with van der Waals surface area (Å²) in [6.07, 6.45) is 2.23. The highest BCUT2D eigenvalue weighted by molar-refractivity contribution is 5.77. The molecule has 0 bridgehead atoms. The van der Waals surface area contributed by atoms with Crippen LogP contribution in [0.1, 0.15) is 44.9 Å². The molecule has 0 aromatic rings. The third-order valence-corrected chi connectivity index (χ3v) is 2.53. The first-order valence-electron chi connectivity index (χ1n) is 6.35. The first-order chi connectivity index (χ1) is 8.90. The lowest BCUT2D eigenvalue weighted by Crippen LogP contribution is -2.40. The number of ether oxygens (including phenoxy) is 1. The molecule has 112 valence electrons. The normalized spacial score (nSPS) is 11.3. The summed E-state index contributed by atoms with van der Waals surface area (Å²) in [6.45, 7) is 0.200. The third kappa shape index (κ3) is 9.40. The second-order valence-electron chi connectivity index (χ2n) is 4.34. The monoisotopic (exact) mass is 278 g/mol. The van der Waals surface area contributed by atoms with Crippen molar-refractivity contribution in [3.8, 4) is 0 Å². The molecular weight excluding hydrogens is 256 g/mol. The lowest BCUT2D eigenvalue weighted by molar-refractivity contribution is -0.212.